The summed E-state index contributed by atoms with van der Waals surface area (Å²) in [6.07, 6.45) is 6.74. The van der Waals surface area contributed by atoms with Crippen molar-refractivity contribution >= 4 is 0 Å². The fraction of sp³-hybridized carbons (Fsp3) is 0.250. The zero-order valence-corrected chi connectivity index (χ0v) is 6.05. The van der Waals surface area contributed by atoms with E-state index in [2.05, 4.69) is 15.9 Å². The lowest BCUT2D eigenvalue weighted by Gasteiger charge is -1.97. The van der Waals surface area contributed by atoms with E-state index < -0.39 is 0 Å². The van der Waals surface area contributed by atoms with Crippen molar-refractivity contribution in [2.45, 2.75) is 13.8 Å². The molecule has 0 aliphatic rings. The smallest absolute Gasteiger partial charge is 0.116 e. The Balaban J connectivity index is 3.34. The second kappa shape index (κ2) is 2.49. The van der Waals surface area contributed by atoms with E-state index in [0.29, 0.717) is 0 Å². The summed E-state index contributed by atoms with van der Waals surface area (Å²) in [6.45, 7) is 3.76. The summed E-state index contributed by atoms with van der Waals surface area (Å²) < 4.78 is 0. The third kappa shape index (κ3) is 0.985. The summed E-state index contributed by atoms with van der Waals surface area (Å²) in [7, 11) is 0. The average molecular weight is 132 g/mol. The minimum Gasteiger partial charge on any atom is -0.240 e. The number of hydrogen-bond donors (Lipinski definition) is 0. The van der Waals surface area contributed by atoms with Gasteiger partial charge in [0.15, 0.2) is 0 Å². The van der Waals surface area contributed by atoms with E-state index in [0.717, 1.165) is 17.0 Å². The lowest BCUT2D eigenvalue weighted by Crippen LogP contribution is -1.93. The Morgan fingerprint density at radius 1 is 1.30 bits per heavy atom. The SMILES string of the molecule is C#Cc1c(C)ncnc1C. The van der Waals surface area contributed by atoms with Crippen molar-refractivity contribution in [1.82, 2.24) is 9.97 Å². The van der Waals surface area contributed by atoms with Crippen LogP contribution in [0.15, 0.2) is 6.33 Å². The maximum Gasteiger partial charge on any atom is 0.116 e. The van der Waals surface area contributed by atoms with Crippen LogP contribution >= 0.6 is 0 Å². The minimum atomic E-state index is 0.808. The average Bonchev–Trinajstić information content (AvgIpc) is 1.88. The van der Waals surface area contributed by atoms with Gasteiger partial charge >= 0.3 is 0 Å². The molecule has 2 nitrogen and oxygen atoms in total. The first kappa shape index (κ1) is 6.76. The van der Waals surface area contributed by atoms with Gasteiger partial charge in [0.25, 0.3) is 0 Å². The van der Waals surface area contributed by atoms with Crippen molar-refractivity contribution in [2.24, 2.45) is 0 Å². The Hall–Kier alpha value is -1.36. The second-order valence-electron chi connectivity index (χ2n) is 2.06. The van der Waals surface area contributed by atoms with Crippen LogP contribution in [0.2, 0.25) is 0 Å². The van der Waals surface area contributed by atoms with Crippen LogP contribution in [0.5, 0.6) is 0 Å². The Labute approximate surface area is 60.3 Å². The molecule has 0 spiro atoms. The van der Waals surface area contributed by atoms with Crippen LogP contribution in [0, 0.1) is 26.2 Å². The van der Waals surface area contributed by atoms with Gasteiger partial charge in [0.2, 0.25) is 0 Å². The molecule has 1 rings (SSSR count). The summed E-state index contributed by atoms with van der Waals surface area (Å²) >= 11 is 0. The summed E-state index contributed by atoms with van der Waals surface area (Å²) in [6, 6.07) is 0. The summed E-state index contributed by atoms with van der Waals surface area (Å²) in [4.78, 5) is 7.91. The highest BCUT2D eigenvalue weighted by atomic mass is 14.8. The predicted molar refractivity (Wildman–Crippen MR) is 39.4 cm³/mol. The molecule has 0 aliphatic carbocycles. The molecule has 10 heavy (non-hydrogen) atoms. The molecule has 0 radical (unpaired) electrons. The normalized spacial score (nSPS) is 8.90. The van der Waals surface area contributed by atoms with Crippen LogP contribution in [0.4, 0.5) is 0 Å². The van der Waals surface area contributed by atoms with E-state index in [9.17, 15) is 0 Å². The zero-order valence-electron chi connectivity index (χ0n) is 6.05. The fourth-order valence-corrected chi connectivity index (χ4v) is 0.802. The number of aromatic nitrogens is 2. The second-order valence-corrected chi connectivity index (χ2v) is 2.06. The van der Waals surface area contributed by atoms with E-state index in [4.69, 9.17) is 6.42 Å². The minimum absolute atomic E-state index is 0.808. The monoisotopic (exact) mass is 132 g/mol. The third-order valence-corrected chi connectivity index (χ3v) is 1.37. The van der Waals surface area contributed by atoms with Gasteiger partial charge in [0, 0.05) is 0 Å². The number of aryl methyl sites for hydroxylation is 2. The lowest BCUT2D eigenvalue weighted by molar-refractivity contribution is 1.04. The zero-order chi connectivity index (χ0) is 7.56. The van der Waals surface area contributed by atoms with Crippen LogP contribution < -0.4 is 0 Å². The van der Waals surface area contributed by atoms with Gasteiger partial charge in [-0.3, -0.25) is 0 Å². The van der Waals surface area contributed by atoms with Crippen molar-refractivity contribution in [3.63, 3.8) is 0 Å². The van der Waals surface area contributed by atoms with Gasteiger partial charge in [0.05, 0.1) is 17.0 Å². The Morgan fingerprint density at radius 2 is 1.80 bits per heavy atom. The highest BCUT2D eigenvalue weighted by Gasteiger charge is 1.98. The first-order valence-corrected chi connectivity index (χ1v) is 3.00. The standard InChI is InChI=1S/C8H8N2/c1-4-8-6(2)9-5-10-7(8)3/h1,5H,2-3H3. The molecular formula is C8H8N2. The van der Waals surface area contributed by atoms with Gasteiger partial charge in [-0.05, 0) is 13.8 Å². The Bertz CT molecular complexity index is 264. The molecular weight excluding hydrogens is 124 g/mol. The number of terminal acetylenes is 1. The van der Waals surface area contributed by atoms with Crippen LogP contribution in [-0.4, -0.2) is 9.97 Å². The molecule has 0 aromatic carbocycles. The quantitative estimate of drug-likeness (QED) is 0.493. The number of nitrogens with zero attached hydrogens (tertiary/aromatic N) is 2. The lowest BCUT2D eigenvalue weighted by atomic mass is 10.2. The molecule has 0 amide bonds. The highest BCUT2D eigenvalue weighted by molar-refractivity contribution is 5.37. The van der Waals surface area contributed by atoms with Crippen LogP contribution in [0.1, 0.15) is 17.0 Å². The molecule has 0 bridgehead atoms. The molecule has 0 atom stereocenters. The molecule has 1 heterocycles. The Morgan fingerprint density at radius 3 is 2.10 bits per heavy atom. The van der Waals surface area contributed by atoms with Crippen molar-refractivity contribution in [3.8, 4) is 12.3 Å². The summed E-state index contributed by atoms with van der Waals surface area (Å²) in [5.41, 5.74) is 2.55. The van der Waals surface area contributed by atoms with Crippen LogP contribution in [-0.2, 0) is 0 Å². The first-order valence-electron chi connectivity index (χ1n) is 3.00. The molecule has 0 fully saturated rings. The molecule has 0 saturated heterocycles. The molecule has 0 N–H and O–H groups in total. The van der Waals surface area contributed by atoms with Gasteiger partial charge in [-0.25, -0.2) is 9.97 Å². The van der Waals surface area contributed by atoms with Crippen molar-refractivity contribution in [3.05, 3.63) is 23.3 Å². The molecule has 1 aromatic rings. The van der Waals surface area contributed by atoms with Gasteiger partial charge in [-0.15, -0.1) is 6.42 Å². The van der Waals surface area contributed by atoms with Crippen molar-refractivity contribution in [2.75, 3.05) is 0 Å². The van der Waals surface area contributed by atoms with E-state index in [1.54, 1.807) is 0 Å². The van der Waals surface area contributed by atoms with Gasteiger partial charge in [-0.2, -0.15) is 0 Å². The van der Waals surface area contributed by atoms with E-state index in [1.807, 2.05) is 13.8 Å². The van der Waals surface area contributed by atoms with Gasteiger partial charge < -0.3 is 0 Å². The molecule has 2 heteroatoms. The molecule has 0 aliphatic heterocycles. The van der Waals surface area contributed by atoms with Crippen LogP contribution in [0.3, 0.4) is 0 Å². The molecule has 0 unspecified atom stereocenters. The first-order chi connectivity index (χ1) is 4.75. The number of rotatable bonds is 0. The topological polar surface area (TPSA) is 25.8 Å². The number of hydrogen-bond acceptors (Lipinski definition) is 2. The Kier molecular flexibility index (Phi) is 1.68. The van der Waals surface area contributed by atoms with Crippen molar-refractivity contribution in [1.29, 1.82) is 0 Å². The highest BCUT2D eigenvalue weighted by Crippen LogP contribution is 2.04. The molecule has 1 aromatic heterocycles. The maximum atomic E-state index is 5.22. The third-order valence-electron chi connectivity index (χ3n) is 1.37. The van der Waals surface area contributed by atoms with Gasteiger partial charge in [-0.1, -0.05) is 5.92 Å². The van der Waals surface area contributed by atoms with E-state index >= 15 is 0 Å². The largest absolute Gasteiger partial charge is 0.240 e. The molecule has 50 valence electrons. The fourth-order valence-electron chi connectivity index (χ4n) is 0.802. The summed E-state index contributed by atoms with van der Waals surface area (Å²) in [5, 5.41) is 0. The predicted octanol–water partition coefficient (Wildman–Crippen LogP) is 1.07. The van der Waals surface area contributed by atoms with Gasteiger partial charge in [0.1, 0.15) is 6.33 Å². The van der Waals surface area contributed by atoms with E-state index in [-0.39, 0.29) is 0 Å². The van der Waals surface area contributed by atoms with Crippen molar-refractivity contribution < 1.29 is 0 Å². The van der Waals surface area contributed by atoms with E-state index in [1.165, 1.54) is 6.33 Å². The molecule has 0 saturated carbocycles. The summed E-state index contributed by atoms with van der Waals surface area (Å²) in [5.74, 6) is 2.54. The maximum absolute atomic E-state index is 5.22. The van der Waals surface area contributed by atoms with Crippen LogP contribution in [0.25, 0.3) is 0 Å².